The van der Waals surface area contributed by atoms with Crippen molar-refractivity contribution in [3.63, 3.8) is 0 Å². The van der Waals surface area contributed by atoms with Crippen molar-refractivity contribution in [2.45, 2.75) is 26.8 Å². The Balaban J connectivity index is 2.97. The van der Waals surface area contributed by atoms with Crippen LogP contribution in [0.25, 0.3) is 0 Å². The number of halogens is 1. The molecule has 0 saturated heterocycles. The Labute approximate surface area is 106 Å². The number of nitrogens with zero attached hydrogens (tertiary/aromatic N) is 1. The van der Waals surface area contributed by atoms with Crippen LogP contribution in [0, 0.1) is 22.6 Å². The minimum atomic E-state index is -0.743. The maximum Gasteiger partial charge on any atom is 0.241 e. The van der Waals surface area contributed by atoms with Gasteiger partial charge in [-0.25, -0.2) is 4.39 Å². The summed E-state index contributed by atoms with van der Waals surface area (Å²) in [7, 11) is 0. The summed E-state index contributed by atoms with van der Waals surface area (Å²) >= 11 is 0. The van der Waals surface area contributed by atoms with E-state index in [4.69, 9.17) is 11.0 Å². The van der Waals surface area contributed by atoms with Crippen molar-refractivity contribution in [3.05, 3.63) is 29.6 Å². The standard InChI is InChI=1S/C13H16FN3O/c1-13(2,3)11(16)12(18)17-10-6-4-5-9(14)8(10)7-15/h4-6,11H,16H2,1-3H3,(H,17,18). The topological polar surface area (TPSA) is 78.9 Å². The molecule has 1 unspecified atom stereocenters. The Morgan fingerprint density at radius 3 is 2.61 bits per heavy atom. The Kier molecular flexibility index (Phi) is 4.04. The van der Waals surface area contributed by atoms with Crippen molar-refractivity contribution in [1.82, 2.24) is 0 Å². The predicted octanol–water partition coefficient (Wildman–Crippen LogP) is 2.01. The predicted molar refractivity (Wildman–Crippen MR) is 67.2 cm³/mol. The van der Waals surface area contributed by atoms with Gasteiger partial charge in [0.25, 0.3) is 0 Å². The lowest BCUT2D eigenvalue weighted by Gasteiger charge is -2.25. The molecule has 0 heterocycles. The molecule has 0 aliphatic rings. The van der Waals surface area contributed by atoms with Crippen LogP contribution in [0.3, 0.4) is 0 Å². The van der Waals surface area contributed by atoms with Crippen molar-refractivity contribution in [3.8, 4) is 6.07 Å². The molecule has 18 heavy (non-hydrogen) atoms. The quantitative estimate of drug-likeness (QED) is 0.841. The van der Waals surface area contributed by atoms with Crippen LogP contribution in [0.2, 0.25) is 0 Å². The highest BCUT2D eigenvalue weighted by molar-refractivity contribution is 5.96. The van der Waals surface area contributed by atoms with E-state index in [1.54, 1.807) is 6.07 Å². The zero-order valence-electron chi connectivity index (χ0n) is 10.6. The Hall–Kier alpha value is -1.93. The first kappa shape index (κ1) is 14.1. The molecule has 0 fully saturated rings. The van der Waals surface area contributed by atoms with Gasteiger partial charge in [0.1, 0.15) is 17.4 Å². The number of nitriles is 1. The van der Waals surface area contributed by atoms with Gasteiger partial charge >= 0.3 is 0 Å². The molecule has 0 saturated carbocycles. The van der Waals surface area contributed by atoms with Gasteiger partial charge in [-0.05, 0) is 17.5 Å². The number of hydrogen-bond acceptors (Lipinski definition) is 3. The molecule has 96 valence electrons. The number of carbonyl (C=O) groups excluding carboxylic acids is 1. The van der Waals surface area contributed by atoms with Crippen LogP contribution < -0.4 is 11.1 Å². The molecule has 3 N–H and O–H groups in total. The fourth-order valence-corrected chi connectivity index (χ4v) is 1.35. The summed E-state index contributed by atoms with van der Waals surface area (Å²) in [6.45, 7) is 5.48. The van der Waals surface area contributed by atoms with E-state index in [1.807, 2.05) is 20.8 Å². The van der Waals surface area contributed by atoms with E-state index in [0.29, 0.717) is 0 Å². The highest BCUT2D eigenvalue weighted by Crippen LogP contribution is 2.21. The summed E-state index contributed by atoms with van der Waals surface area (Å²) in [5.41, 5.74) is 5.32. The van der Waals surface area contributed by atoms with Crippen molar-refractivity contribution in [1.29, 1.82) is 5.26 Å². The molecule has 1 amide bonds. The van der Waals surface area contributed by atoms with Crippen LogP contribution in [0.5, 0.6) is 0 Å². The van der Waals surface area contributed by atoms with E-state index < -0.39 is 23.2 Å². The third-order valence-electron chi connectivity index (χ3n) is 2.60. The van der Waals surface area contributed by atoms with Crippen LogP contribution in [0.15, 0.2) is 18.2 Å². The van der Waals surface area contributed by atoms with Crippen LogP contribution in [0.4, 0.5) is 10.1 Å². The summed E-state index contributed by atoms with van der Waals surface area (Å²) in [5, 5.41) is 11.3. The molecule has 0 bridgehead atoms. The lowest BCUT2D eigenvalue weighted by molar-refractivity contribution is -0.119. The molecular weight excluding hydrogens is 233 g/mol. The Bertz CT molecular complexity index is 500. The normalized spacial score (nSPS) is 12.7. The number of amides is 1. The minimum Gasteiger partial charge on any atom is -0.323 e. The third-order valence-corrected chi connectivity index (χ3v) is 2.60. The second kappa shape index (κ2) is 5.15. The maximum absolute atomic E-state index is 13.3. The summed E-state index contributed by atoms with van der Waals surface area (Å²) in [5.74, 6) is -1.11. The lowest BCUT2D eigenvalue weighted by atomic mass is 9.87. The van der Waals surface area contributed by atoms with Gasteiger partial charge < -0.3 is 11.1 Å². The van der Waals surface area contributed by atoms with Gasteiger partial charge in [0, 0.05) is 0 Å². The zero-order chi connectivity index (χ0) is 13.9. The minimum absolute atomic E-state index is 0.141. The van der Waals surface area contributed by atoms with Crippen molar-refractivity contribution in [2.24, 2.45) is 11.1 Å². The first-order chi connectivity index (χ1) is 8.27. The average molecular weight is 249 g/mol. The van der Waals surface area contributed by atoms with E-state index >= 15 is 0 Å². The Morgan fingerprint density at radius 2 is 2.11 bits per heavy atom. The molecule has 0 spiro atoms. The van der Waals surface area contributed by atoms with Crippen LogP contribution in [-0.4, -0.2) is 11.9 Å². The first-order valence-electron chi connectivity index (χ1n) is 5.52. The molecule has 4 nitrogen and oxygen atoms in total. The molecule has 1 rings (SSSR count). The number of anilines is 1. The van der Waals surface area contributed by atoms with Crippen LogP contribution in [0.1, 0.15) is 26.3 Å². The Morgan fingerprint density at radius 1 is 1.50 bits per heavy atom. The van der Waals surface area contributed by atoms with Gasteiger partial charge in [0.15, 0.2) is 0 Å². The maximum atomic E-state index is 13.3. The summed E-state index contributed by atoms with van der Waals surface area (Å²) in [6, 6.07) is 5.03. The van der Waals surface area contributed by atoms with E-state index in [9.17, 15) is 9.18 Å². The van der Waals surface area contributed by atoms with Crippen LogP contribution in [-0.2, 0) is 4.79 Å². The second-order valence-corrected chi connectivity index (χ2v) is 5.11. The van der Waals surface area contributed by atoms with Crippen molar-refractivity contribution in [2.75, 3.05) is 5.32 Å². The monoisotopic (exact) mass is 249 g/mol. The molecule has 0 aliphatic heterocycles. The number of hydrogen-bond donors (Lipinski definition) is 2. The van der Waals surface area contributed by atoms with Crippen LogP contribution >= 0.6 is 0 Å². The lowest BCUT2D eigenvalue weighted by Crippen LogP contribution is -2.45. The molecule has 1 aromatic carbocycles. The van der Waals surface area contributed by atoms with E-state index in [-0.39, 0.29) is 11.3 Å². The van der Waals surface area contributed by atoms with E-state index in [2.05, 4.69) is 5.32 Å². The molecular formula is C13H16FN3O. The summed E-state index contributed by atoms with van der Waals surface area (Å²) in [4.78, 5) is 11.9. The molecule has 0 radical (unpaired) electrons. The number of benzene rings is 1. The fraction of sp³-hybridized carbons (Fsp3) is 0.385. The highest BCUT2D eigenvalue weighted by Gasteiger charge is 2.28. The van der Waals surface area contributed by atoms with Gasteiger partial charge in [-0.2, -0.15) is 5.26 Å². The van der Waals surface area contributed by atoms with E-state index in [1.165, 1.54) is 12.1 Å². The largest absolute Gasteiger partial charge is 0.323 e. The number of carbonyl (C=O) groups is 1. The smallest absolute Gasteiger partial charge is 0.241 e. The number of nitrogens with one attached hydrogen (secondary N) is 1. The van der Waals surface area contributed by atoms with Gasteiger partial charge in [0.2, 0.25) is 5.91 Å². The highest BCUT2D eigenvalue weighted by atomic mass is 19.1. The van der Waals surface area contributed by atoms with Crippen molar-refractivity contribution < 1.29 is 9.18 Å². The molecule has 1 atom stereocenters. The second-order valence-electron chi connectivity index (χ2n) is 5.11. The molecule has 0 aromatic heterocycles. The summed E-state index contributed by atoms with van der Waals surface area (Å²) < 4.78 is 13.3. The molecule has 1 aromatic rings. The first-order valence-corrected chi connectivity index (χ1v) is 5.52. The van der Waals surface area contributed by atoms with Gasteiger partial charge in [-0.3, -0.25) is 4.79 Å². The SMILES string of the molecule is CC(C)(C)C(N)C(=O)Nc1cccc(F)c1C#N. The average Bonchev–Trinajstić information content (AvgIpc) is 2.27. The number of nitrogens with two attached hydrogens (primary N) is 1. The van der Waals surface area contributed by atoms with Crippen molar-refractivity contribution >= 4 is 11.6 Å². The van der Waals surface area contributed by atoms with Gasteiger partial charge in [0.05, 0.1) is 11.7 Å². The molecule has 0 aliphatic carbocycles. The zero-order valence-corrected chi connectivity index (χ0v) is 10.6. The molecule has 5 heteroatoms. The third kappa shape index (κ3) is 3.05. The van der Waals surface area contributed by atoms with Gasteiger partial charge in [-0.1, -0.05) is 26.8 Å². The summed E-state index contributed by atoms with van der Waals surface area (Å²) in [6.07, 6.45) is 0. The number of rotatable bonds is 2. The van der Waals surface area contributed by atoms with E-state index in [0.717, 1.165) is 6.07 Å². The van der Waals surface area contributed by atoms with Gasteiger partial charge in [-0.15, -0.1) is 0 Å². The fourth-order valence-electron chi connectivity index (χ4n) is 1.35.